The Hall–Kier alpha value is -1.36. The molecule has 0 aromatic carbocycles. The third kappa shape index (κ3) is 4.44. The molecule has 0 bridgehead atoms. The van der Waals surface area contributed by atoms with Gasteiger partial charge >= 0.3 is 0 Å². The Morgan fingerprint density at radius 1 is 1.50 bits per heavy atom. The predicted molar refractivity (Wildman–Crippen MR) is 63.8 cm³/mol. The van der Waals surface area contributed by atoms with Gasteiger partial charge in [0.25, 0.3) is 5.56 Å². The molecular weight excluding hydrogens is 206 g/mol. The average Bonchev–Trinajstić information content (AvgIpc) is 2.28. The molecule has 0 amide bonds. The zero-order valence-corrected chi connectivity index (χ0v) is 9.88. The number of ether oxygens (including phenoxy) is 1. The van der Waals surface area contributed by atoms with Crippen LogP contribution in [0.5, 0.6) is 0 Å². The lowest BCUT2D eigenvalue weighted by Crippen LogP contribution is -2.15. The second-order valence-corrected chi connectivity index (χ2v) is 3.42. The van der Waals surface area contributed by atoms with Gasteiger partial charge in [0.1, 0.15) is 0 Å². The summed E-state index contributed by atoms with van der Waals surface area (Å²) < 4.78 is 5.21. The van der Waals surface area contributed by atoms with Gasteiger partial charge in [0.15, 0.2) is 0 Å². The van der Waals surface area contributed by atoms with Gasteiger partial charge in [-0.3, -0.25) is 9.78 Å². The topological polar surface area (TPSA) is 67.0 Å². The van der Waals surface area contributed by atoms with Crippen molar-refractivity contribution in [3.63, 3.8) is 0 Å². The fourth-order valence-corrected chi connectivity index (χ4v) is 1.30. The zero-order chi connectivity index (χ0) is 11.8. The molecule has 1 aromatic heterocycles. The Kier molecular flexibility index (Phi) is 5.56. The van der Waals surface area contributed by atoms with E-state index in [0.717, 1.165) is 38.3 Å². The van der Waals surface area contributed by atoms with E-state index >= 15 is 0 Å². The second kappa shape index (κ2) is 7.00. The number of hydrogen-bond acceptors (Lipinski definition) is 4. The SMILES string of the molecule is CCOCCCNc1nc(CC)cc(=O)[nH]1. The first-order valence-corrected chi connectivity index (χ1v) is 5.68. The van der Waals surface area contributed by atoms with Crippen molar-refractivity contribution in [3.8, 4) is 0 Å². The normalized spacial score (nSPS) is 10.4. The second-order valence-electron chi connectivity index (χ2n) is 3.42. The lowest BCUT2D eigenvalue weighted by atomic mass is 10.3. The fourth-order valence-electron chi connectivity index (χ4n) is 1.30. The van der Waals surface area contributed by atoms with E-state index in [0.29, 0.717) is 5.95 Å². The zero-order valence-electron chi connectivity index (χ0n) is 9.88. The highest BCUT2D eigenvalue weighted by Crippen LogP contribution is 1.98. The highest BCUT2D eigenvalue weighted by atomic mass is 16.5. The highest BCUT2D eigenvalue weighted by Gasteiger charge is 1.98. The number of aromatic amines is 1. The lowest BCUT2D eigenvalue weighted by molar-refractivity contribution is 0.147. The highest BCUT2D eigenvalue weighted by molar-refractivity contribution is 5.24. The fraction of sp³-hybridized carbons (Fsp3) is 0.636. The lowest BCUT2D eigenvalue weighted by Gasteiger charge is -2.06. The van der Waals surface area contributed by atoms with Gasteiger partial charge in [-0.15, -0.1) is 0 Å². The van der Waals surface area contributed by atoms with E-state index in [9.17, 15) is 4.79 Å². The summed E-state index contributed by atoms with van der Waals surface area (Å²) in [6.45, 7) is 6.15. The van der Waals surface area contributed by atoms with Crippen molar-refractivity contribution in [2.24, 2.45) is 0 Å². The Morgan fingerprint density at radius 3 is 3.00 bits per heavy atom. The molecular formula is C11H19N3O2. The molecule has 5 nitrogen and oxygen atoms in total. The number of hydrogen-bond donors (Lipinski definition) is 2. The van der Waals surface area contributed by atoms with Crippen LogP contribution < -0.4 is 10.9 Å². The Balaban J connectivity index is 2.41. The number of nitrogens with one attached hydrogen (secondary N) is 2. The largest absolute Gasteiger partial charge is 0.382 e. The molecule has 1 rings (SSSR count). The van der Waals surface area contributed by atoms with Crippen LogP contribution in [0.3, 0.4) is 0 Å². The van der Waals surface area contributed by atoms with Gasteiger partial charge < -0.3 is 10.1 Å². The van der Waals surface area contributed by atoms with Crippen LogP contribution >= 0.6 is 0 Å². The average molecular weight is 225 g/mol. The maximum Gasteiger partial charge on any atom is 0.252 e. The minimum Gasteiger partial charge on any atom is -0.382 e. The molecule has 0 aliphatic rings. The Bertz CT molecular complexity index is 362. The summed E-state index contributed by atoms with van der Waals surface area (Å²) in [7, 11) is 0. The van der Waals surface area contributed by atoms with E-state index in [4.69, 9.17) is 4.74 Å². The van der Waals surface area contributed by atoms with Crippen LogP contribution in [0, 0.1) is 0 Å². The van der Waals surface area contributed by atoms with Crippen LogP contribution in [0.4, 0.5) is 5.95 Å². The van der Waals surface area contributed by atoms with E-state index in [1.165, 1.54) is 6.07 Å². The minimum atomic E-state index is -0.112. The molecule has 1 heterocycles. The quantitative estimate of drug-likeness (QED) is 0.684. The molecule has 2 N–H and O–H groups in total. The minimum absolute atomic E-state index is 0.112. The molecule has 0 aliphatic carbocycles. The first kappa shape index (κ1) is 12.7. The molecule has 90 valence electrons. The number of H-pyrrole nitrogens is 1. The summed E-state index contributed by atoms with van der Waals surface area (Å²) in [5, 5.41) is 3.07. The predicted octanol–water partition coefficient (Wildman–Crippen LogP) is 1.17. The van der Waals surface area contributed by atoms with Crippen molar-refractivity contribution in [2.75, 3.05) is 25.1 Å². The molecule has 1 aromatic rings. The molecule has 0 saturated carbocycles. The third-order valence-corrected chi connectivity index (χ3v) is 2.12. The molecule has 0 atom stereocenters. The number of nitrogens with zero attached hydrogens (tertiary/aromatic N) is 1. The first-order valence-electron chi connectivity index (χ1n) is 5.68. The van der Waals surface area contributed by atoms with E-state index in [-0.39, 0.29) is 5.56 Å². The monoisotopic (exact) mass is 225 g/mol. The number of anilines is 1. The Morgan fingerprint density at radius 2 is 2.31 bits per heavy atom. The summed E-state index contributed by atoms with van der Waals surface area (Å²) in [6, 6.07) is 1.52. The molecule has 5 heteroatoms. The van der Waals surface area contributed by atoms with Gasteiger partial charge in [-0.2, -0.15) is 0 Å². The molecule has 0 aliphatic heterocycles. The smallest absolute Gasteiger partial charge is 0.252 e. The van der Waals surface area contributed by atoms with Crippen molar-refractivity contribution < 1.29 is 4.74 Å². The van der Waals surface area contributed by atoms with Crippen molar-refractivity contribution >= 4 is 5.95 Å². The number of aryl methyl sites for hydroxylation is 1. The van der Waals surface area contributed by atoms with Crippen LogP contribution in [-0.4, -0.2) is 29.7 Å². The molecule has 16 heavy (non-hydrogen) atoms. The molecule has 0 fully saturated rings. The van der Waals surface area contributed by atoms with E-state index < -0.39 is 0 Å². The summed E-state index contributed by atoms with van der Waals surface area (Å²) in [4.78, 5) is 18.2. The summed E-state index contributed by atoms with van der Waals surface area (Å²) >= 11 is 0. The van der Waals surface area contributed by atoms with Crippen LogP contribution in [0.25, 0.3) is 0 Å². The van der Waals surface area contributed by atoms with E-state index in [2.05, 4.69) is 15.3 Å². The van der Waals surface area contributed by atoms with Gasteiger partial charge in [-0.05, 0) is 19.8 Å². The van der Waals surface area contributed by atoms with Crippen LogP contribution in [-0.2, 0) is 11.2 Å². The van der Waals surface area contributed by atoms with E-state index in [1.807, 2.05) is 13.8 Å². The summed E-state index contributed by atoms with van der Waals surface area (Å²) in [5.74, 6) is 0.542. The van der Waals surface area contributed by atoms with Crippen LogP contribution in [0.15, 0.2) is 10.9 Å². The van der Waals surface area contributed by atoms with E-state index in [1.54, 1.807) is 0 Å². The Labute approximate surface area is 95.3 Å². The standard InChI is InChI=1S/C11H19N3O2/c1-3-9-8-10(15)14-11(13-9)12-6-5-7-16-4-2/h8H,3-7H2,1-2H3,(H2,12,13,14,15). The van der Waals surface area contributed by atoms with Crippen LogP contribution in [0.2, 0.25) is 0 Å². The van der Waals surface area contributed by atoms with Crippen molar-refractivity contribution in [1.82, 2.24) is 9.97 Å². The van der Waals surface area contributed by atoms with Crippen molar-refractivity contribution in [2.45, 2.75) is 26.7 Å². The summed E-state index contributed by atoms with van der Waals surface area (Å²) in [6.07, 6.45) is 1.66. The maximum absolute atomic E-state index is 11.2. The number of aromatic nitrogens is 2. The third-order valence-electron chi connectivity index (χ3n) is 2.12. The molecule has 0 unspecified atom stereocenters. The van der Waals surface area contributed by atoms with Crippen molar-refractivity contribution in [1.29, 1.82) is 0 Å². The van der Waals surface area contributed by atoms with Gasteiger partial charge in [0.2, 0.25) is 5.95 Å². The molecule has 0 radical (unpaired) electrons. The van der Waals surface area contributed by atoms with Gasteiger partial charge in [0, 0.05) is 31.5 Å². The number of rotatable bonds is 7. The summed E-state index contributed by atoms with van der Waals surface area (Å²) in [5.41, 5.74) is 0.690. The van der Waals surface area contributed by atoms with Gasteiger partial charge in [-0.1, -0.05) is 6.92 Å². The maximum atomic E-state index is 11.2. The molecule has 0 spiro atoms. The van der Waals surface area contributed by atoms with Gasteiger partial charge in [0.05, 0.1) is 0 Å². The first-order chi connectivity index (χ1) is 7.76. The van der Waals surface area contributed by atoms with Gasteiger partial charge in [-0.25, -0.2) is 4.98 Å². The van der Waals surface area contributed by atoms with Crippen molar-refractivity contribution in [3.05, 3.63) is 22.1 Å². The molecule has 0 saturated heterocycles. The van der Waals surface area contributed by atoms with Crippen LogP contribution in [0.1, 0.15) is 26.0 Å².